The van der Waals surface area contributed by atoms with Gasteiger partial charge in [0, 0.05) is 12.5 Å². The number of hydrogen-bond acceptors (Lipinski definition) is 2. The third-order valence-corrected chi connectivity index (χ3v) is 2.57. The SMILES string of the molecule is CCCOc1cc(C(C)CO)cc(C(F)(F)F)c1. The van der Waals surface area contributed by atoms with Crippen molar-refractivity contribution in [2.75, 3.05) is 13.2 Å². The van der Waals surface area contributed by atoms with E-state index in [9.17, 15) is 13.2 Å². The minimum Gasteiger partial charge on any atom is -0.494 e. The summed E-state index contributed by atoms with van der Waals surface area (Å²) in [5.41, 5.74) is -0.315. The summed E-state index contributed by atoms with van der Waals surface area (Å²) in [5, 5.41) is 9.03. The van der Waals surface area contributed by atoms with Crippen LogP contribution >= 0.6 is 0 Å². The Balaban J connectivity index is 3.12. The van der Waals surface area contributed by atoms with Gasteiger partial charge in [-0.25, -0.2) is 0 Å². The second-order valence-corrected chi connectivity index (χ2v) is 4.22. The van der Waals surface area contributed by atoms with Gasteiger partial charge in [-0.15, -0.1) is 0 Å². The number of halogens is 3. The average Bonchev–Trinajstić information content (AvgIpc) is 2.33. The van der Waals surface area contributed by atoms with Gasteiger partial charge in [0.1, 0.15) is 5.75 Å². The highest BCUT2D eigenvalue weighted by Gasteiger charge is 2.31. The predicted octanol–water partition coefficient (Wildman–Crippen LogP) is 3.59. The Morgan fingerprint density at radius 1 is 1.28 bits per heavy atom. The second kappa shape index (κ2) is 6.09. The summed E-state index contributed by atoms with van der Waals surface area (Å²) < 4.78 is 43.4. The van der Waals surface area contributed by atoms with Crippen LogP contribution in [0.3, 0.4) is 0 Å². The van der Waals surface area contributed by atoms with Crippen molar-refractivity contribution in [2.45, 2.75) is 32.4 Å². The van der Waals surface area contributed by atoms with Crippen molar-refractivity contribution in [2.24, 2.45) is 0 Å². The van der Waals surface area contributed by atoms with Gasteiger partial charge in [0.05, 0.1) is 12.2 Å². The van der Waals surface area contributed by atoms with Crippen LogP contribution in [0.4, 0.5) is 13.2 Å². The van der Waals surface area contributed by atoms with E-state index in [0.29, 0.717) is 12.2 Å². The highest BCUT2D eigenvalue weighted by molar-refractivity contribution is 5.37. The average molecular weight is 262 g/mol. The molecule has 0 saturated carbocycles. The van der Waals surface area contributed by atoms with Gasteiger partial charge < -0.3 is 9.84 Å². The van der Waals surface area contributed by atoms with Crippen LogP contribution in [-0.4, -0.2) is 18.3 Å². The molecule has 1 atom stereocenters. The molecule has 1 aromatic carbocycles. The Morgan fingerprint density at radius 2 is 1.94 bits per heavy atom. The number of benzene rings is 1. The zero-order valence-corrected chi connectivity index (χ0v) is 10.4. The predicted molar refractivity (Wildman–Crippen MR) is 62.7 cm³/mol. The minimum absolute atomic E-state index is 0.196. The summed E-state index contributed by atoms with van der Waals surface area (Å²) in [6.45, 7) is 3.72. The maximum Gasteiger partial charge on any atom is 0.416 e. The van der Waals surface area contributed by atoms with Crippen LogP contribution in [0.5, 0.6) is 5.75 Å². The smallest absolute Gasteiger partial charge is 0.416 e. The van der Waals surface area contributed by atoms with Gasteiger partial charge in [0.2, 0.25) is 0 Å². The zero-order chi connectivity index (χ0) is 13.8. The molecule has 1 aromatic rings. The van der Waals surface area contributed by atoms with E-state index < -0.39 is 11.7 Å². The lowest BCUT2D eigenvalue weighted by Gasteiger charge is -2.15. The number of rotatable bonds is 5. The lowest BCUT2D eigenvalue weighted by atomic mass is 9.99. The Hall–Kier alpha value is -1.23. The fraction of sp³-hybridized carbons (Fsp3) is 0.538. The van der Waals surface area contributed by atoms with Crippen LogP contribution in [0.1, 0.15) is 37.3 Å². The topological polar surface area (TPSA) is 29.5 Å². The Morgan fingerprint density at radius 3 is 2.44 bits per heavy atom. The quantitative estimate of drug-likeness (QED) is 0.878. The van der Waals surface area contributed by atoms with Gasteiger partial charge in [0.15, 0.2) is 0 Å². The van der Waals surface area contributed by atoms with Crippen molar-refractivity contribution in [1.29, 1.82) is 0 Å². The first kappa shape index (κ1) is 14.8. The van der Waals surface area contributed by atoms with Gasteiger partial charge in [-0.05, 0) is 30.2 Å². The van der Waals surface area contributed by atoms with Crippen molar-refractivity contribution in [3.63, 3.8) is 0 Å². The number of aliphatic hydroxyl groups is 1. The van der Waals surface area contributed by atoms with Gasteiger partial charge >= 0.3 is 6.18 Å². The summed E-state index contributed by atoms with van der Waals surface area (Å²) in [5.74, 6) is -0.154. The number of alkyl halides is 3. The van der Waals surface area contributed by atoms with Crippen LogP contribution in [0.15, 0.2) is 18.2 Å². The van der Waals surface area contributed by atoms with E-state index in [-0.39, 0.29) is 18.3 Å². The fourth-order valence-electron chi connectivity index (χ4n) is 1.48. The van der Waals surface area contributed by atoms with E-state index in [2.05, 4.69) is 0 Å². The van der Waals surface area contributed by atoms with E-state index >= 15 is 0 Å². The first-order valence-corrected chi connectivity index (χ1v) is 5.84. The van der Waals surface area contributed by atoms with Crippen molar-refractivity contribution < 1.29 is 23.0 Å². The molecule has 0 heterocycles. The molecule has 102 valence electrons. The van der Waals surface area contributed by atoms with Gasteiger partial charge in [-0.3, -0.25) is 0 Å². The number of hydrogen-bond donors (Lipinski definition) is 1. The lowest BCUT2D eigenvalue weighted by Crippen LogP contribution is -2.09. The van der Waals surface area contributed by atoms with E-state index in [1.807, 2.05) is 6.92 Å². The Labute approximate surface area is 104 Å². The van der Waals surface area contributed by atoms with Crippen molar-refractivity contribution in [1.82, 2.24) is 0 Å². The second-order valence-electron chi connectivity index (χ2n) is 4.22. The molecule has 2 nitrogen and oxygen atoms in total. The molecule has 1 rings (SSSR count). The molecule has 0 saturated heterocycles. The van der Waals surface area contributed by atoms with E-state index in [0.717, 1.165) is 18.6 Å². The standard InChI is InChI=1S/C13H17F3O2/c1-3-4-18-12-6-10(9(2)8-17)5-11(7-12)13(14,15)16/h5-7,9,17H,3-4,8H2,1-2H3. The van der Waals surface area contributed by atoms with E-state index in [1.54, 1.807) is 13.0 Å². The molecule has 5 heteroatoms. The fourth-order valence-corrected chi connectivity index (χ4v) is 1.48. The Kier molecular flexibility index (Phi) is 5.02. The minimum atomic E-state index is -4.41. The lowest BCUT2D eigenvalue weighted by molar-refractivity contribution is -0.137. The summed E-state index contributed by atoms with van der Waals surface area (Å²) in [7, 11) is 0. The van der Waals surface area contributed by atoms with Crippen molar-refractivity contribution >= 4 is 0 Å². The summed E-state index contributed by atoms with van der Waals surface area (Å²) in [6.07, 6.45) is -3.68. The van der Waals surface area contributed by atoms with Crippen molar-refractivity contribution in [3.8, 4) is 5.75 Å². The molecular formula is C13H17F3O2. The van der Waals surface area contributed by atoms with Crippen LogP contribution in [-0.2, 0) is 6.18 Å². The van der Waals surface area contributed by atoms with E-state index in [1.165, 1.54) is 0 Å². The van der Waals surface area contributed by atoms with Crippen LogP contribution < -0.4 is 4.74 Å². The molecule has 18 heavy (non-hydrogen) atoms. The molecule has 0 fully saturated rings. The molecule has 0 aromatic heterocycles. The van der Waals surface area contributed by atoms with Crippen LogP contribution in [0.25, 0.3) is 0 Å². The molecule has 0 aliphatic rings. The molecule has 1 unspecified atom stereocenters. The largest absolute Gasteiger partial charge is 0.494 e. The van der Waals surface area contributed by atoms with E-state index in [4.69, 9.17) is 9.84 Å². The van der Waals surface area contributed by atoms with Gasteiger partial charge in [0.25, 0.3) is 0 Å². The summed E-state index contributed by atoms with van der Waals surface area (Å²) in [6, 6.07) is 3.59. The summed E-state index contributed by atoms with van der Waals surface area (Å²) in [4.78, 5) is 0. The van der Waals surface area contributed by atoms with Crippen molar-refractivity contribution in [3.05, 3.63) is 29.3 Å². The molecular weight excluding hydrogens is 245 g/mol. The first-order chi connectivity index (χ1) is 8.38. The maximum absolute atomic E-state index is 12.7. The molecule has 0 aliphatic heterocycles. The number of ether oxygens (including phenoxy) is 1. The molecule has 0 aliphatic carbocycles. The summed E-state index contributed by atoms with van der Waals surface area (Å²) >= 11 is 0. The van der Waals surface area contributed by atoms with Gasteiger partial charge in [-0.1, -0.05) is 13.8 Å². The molecule has 0 amide bonds. The zero-order valence-electron chi connectivity index (χ0n) is 10.4. The van der Waals surface area contributed by atoms with Crippen LogP contribution in [0, 0.1) is 0 Å². The Bertz CT molecular complexity index is 388. The van der Waals surface area contributed by atoms with Gasteiger partial charge in [-0.2, -0.15) is 13.2 Å². The molecule has 1 N–H and O–H groups in total. The maximum atomic E-state index is 12.7. The third-order valence-electron chi connectivity index (χ3n) is 2.57. The third kappa shape index (κ3) is 3.91. The number of aliphatic hydroxyl groups excluding tert-OH is 1. The normalized spacial score (nSPS) is 13.4. The van der Waals surface area contributed by atoms with Crippen LogP contribution in [0.2, 0.25) is 0 Å². The molecule has 0 bridgehead atoms. The molecule has 0 spiro atoms. The highest BCUT2D eigenvalue weighted by Crippen LogP contribution is 2.34. The molecule has 0 radical (unpaired) electrons. The monoisotopic (exact) mass is 262 g/mol. The highest BCUT2D eigenvalue weighted by atomic mass is 19.4. The first-order valence-electron chi connectivity index (χ1n) is 5.84.